The fraction of sp³-hybridized carbons (Fsp3) is 0. The first-order valence-corrected chi connectivity index (χ1v) is 5.51. The van der Waals surface area contributed by atoms with Crippen LogP contribution in [0.15, 0.2) is 29.6 Å². The lowest BCUT2D eigenvalue weighted by Gasteiger charge is -2.10. The van der Waals surface area contributed by atoms with Gasteiger partial charge in [0.05, 0.1) is 10.6 Å². The van der Waals surface area contributed by atoms with Crippen LogP contribution in [0.25, 0.3) is 11.3 Å². The minimum Gasteiger partial charge on any atom is -0.804 e. The average molecular weight is 253 g/mol. The van der Waals surface area contributed by atoms with Crippen molar-refractivity contribution in [3.05, 3.63) is 48.9 Å². The number of nitro benzene ring substituents is 1. The molecule has 0 spiro atoms. The summed E-state index contributed by atoms with van der Waals surface area (Å²) in [5.74, 6) is 0. The summed E-state index contributed by atoms with van der Waals surface area (Å²) in [5, 5.41) is 23.6. The molecule has 0 aliphatic rings. The molecule has 2 rings (SSSR count). The van der Waals surface area contributed by atoms with Crippen molar-refractivity contribution in [3.8, 4) is 11.3 Å². The highest BCUT2D eigenvalue weighted by Crippen LogP contribution is 2.25. The van der Waals surface area contributed by atoms with Crippen LogP contribution in [-0.4, -0.2) is 9.65 Å². The third kappa shape index (κ3) is 1.82. The van der Waals surface area contributed by atoms with Crippen LogP contribution < -0.4 is 0 Å². The van der Waals surface area contributed by atoms with E-state index in [1.165, 1.54) is 35.6 Å². The molecule has 0 N–H and O–H groups in total. The summed E-state index contributed by atoms with van der Waals surface area (Å²) in [6.07, 6.45) is 0. The fourth-order valence-electron chi connectivity index (χ4n) is 1.24. The second kappa shape index (κ2) is 4.03. The molecule has 0 aliphatic heterocycles. The van der Waals surface area contributed by atoms with Crippen LogP contribution in [0, 0.1) is 19.3 Å². The molecule has 0 aliphatic carbocycles. The summed E-state index contributed by atoms with van der Waals surface area (Å²) < 4.78 is 0.870. The summed E-state index contributed by atoms with van der Waals surface area (Å²) in [4.78, 5) is 9.96. The van der Waals surface area contributed by atoms with Crippen LogP contribution in [0.4, 0.5) is 5.69 Å². The average Bonchev–Trinajstić information content (AvgIpc) is 2.60. The van der Waals surface area contributed by atoms with E-state index in [0.29, 0.717) is 16.0 Å². The molecule has 16 heavy (non-hydrogen) atoms. The van der Waals surface area contributed by atoms with Gasteiger partial charge in [-0.2, -0.15) is 0 Å². The summed E-state index contributed by atoms with van der Waals surface area (Å²) in [6.45, 7) is 0. The Bertz CT molecular complexity index is 586. The van der Waals surface area contributed by atoms with Gasteiger partial charge >= 0.3 is 0 Å². The lowest BCUT2D eigenvalue weighted by molar-refractivity contribution is -0.384. The molecule has 1 heterocycles. The maximum Gasteiger partial charge on any atom is 0.269 e. The fourth-order valence-corrected chi connectivity index (χ4v) is 2.12. The van der Waals surface area contributed by atoms with E-state index in [1.807, 2.05) is 0 Å². The van der Waals surface area contributed by atoms with E-state index in [9.17, 15) is 15.3 Å². The van der Waals surface area contributed by atoms with Gasteiger partial charge in [0.15, 0.2) is 3.95 Å². The number of rotatable bonds is 2. The van der Waals surface area contributed by atoms with Gasteiger partial charge in [0.1, 0.15) is 0 Å². The molecular weight excluding hydrogens is 248 g/mol. The van der Waals surface area contributed by atoms with Crippen molar-refractivity contribution in [2.75, 3.05) is 0 Å². The largest absolute Gasteiger partial charge is 0.804 e. The molecule has 0 radical (unpaired) electrons. The summed E-state index contributed by atoms with van der Waals surface area (Å²) >= 11 is 5.97. The van der Waals surface area contributed by atoms with Gasteiger partial charge in [-0.3, -0.25) is 10.1 Å². The van der Waals surface area contributed by atoms with E-state index in [2.05, 4.69) is 0 Å². The quantitative estimate of drug-likeness (QED) is 0.468. The zero-order chi connectivity index (χ0) is 11.7. The molecule has 1 aromatic heterocycles. The van der Waals surface area contributed by atoms with Crippen LogP contribution in [-0.2, 0) is 0 Å². The first-order valence-electron chi connectivity index (χ1n) is 4.22. The Morgan fingerprint density at radius 3 is 2.38 bits per heavy atom. The predicted octanol–water partition coefficient (Wildman–Crippen LogP) is 3.20. The van der Waals surface area contributed by atoms with E-state index < -0.39 is 4.92 Å². The lowest BCUT2D eigenvalue weighted by atomic mass is 10.1. The third-order valence-corrected chi connectivity index (χ3v) is 3.19. The minimum absolute atomic E-state index is 0.00461. The number of hydrogen-bond donors (Lipinski definition) is 0. The highest BCUT2D eigenvalue weighted by molar-refractivity contribution is 7.73. The molecule has 0 unspecified atom stereocenters. The Kier molecular flexibility index (Phi) is 2.71. The Morgan fingerprint density at radius 1 is 1.31 bits per heavy atom. The SMILES string of the molecule is O=[N+]([O-])c1ccc(-c2csc(=S)n2[O-])cc1. The molecule has 5 nitrogen and oxygen atoms in total. The van der Waals surface area contributed by atoms with E-state index in [-0.39, 0.29) is 9.64 Å². The third-order valence-electron chi connectivity index (χ3n) is 2.03. The smallest absolute Gasteiger partial charge is 0.269 e. The van der Waals surface area contributed by atoms with Crippen LogP contribution in [0.5, 0.6) is 0 Å². The second-order valence-corrected chi connectivity index (χ2v) is 4.49. The topological polar surface area (TPSA) is 71.1 Å². The van der Waals surface area contributed by atoms with Gasteiger partial charge < -0.3 is 9.94 Å². The normalized spacial score (nSPS) is 10.2. The molecule has 0 fully saturated rings. The number of nitro groups is 1. The summed E-state index contributed by atoms with van der Waals surface area (Å²) in [7, 11) is 0. The zero-order valence-corrected chi connectivity index (χ0v) is 9.46. The van der Waals surface area contributed by atoms with Crippen molar-refractivity contribution in [3.63, 3.8) is 0 Å². The number of nitrogens with zero attached hydrogens (tertiary/aromatic N) is 2. The van der Waals surface area contributed by atoms with Crippen molar-refractivity contribution < 1.29 is 4.92 Å². The summed E-state index contributed by atoms with van der Waals surface area (Å²) in [6, 6.07) is 5.78. The Balaban J connectivity index is 2.46. The molecule has 0 bridgehead atoms. The second-order valence-electron chi connectivity index (χ2n) is 2.99. The Morgan fingerprint density at radius 2 is 1.94 bits per heavy atom. The van der Waals surface area contributed by atoms with Crippen LogP contribution in [0.1, 0.15) is 0 Å². The van der Waals surface area contributed by atoms with Gasteiger partial charge in [0.2, 0.25) is 0 Å². The first-order chi connectivity index (χ1) is 7.59. The van der Waals surface area contributed by atoms with Gasteiger partial charge in [-0.1, -0.05) is 0 Å². The molecule has 2 aromatic rings. The van der Waals surface area contributed by atoms with Crippen LogP contribution in [0.3, 0.4) is 0 Å². The highest BCUT2D eigenvalue weighted by atomic mass is 32.1. The zero-order valence-electron chi connectivity index (χ0n) is 7.82. The standard InChI is InChI=1S/C9H5N2O3S2/c12-10-8(5-16-9(10)15)6-1-3-7(4-2-6)11(13)14/h1-5H/q-1. The molecule has 0 atom stereocenters. The van der Waals surface area contributed by atoms with Gasteiger partial charge in [-0.15, -0.1) is 11.3 Å². The maximum atomic E-state index is 11.5. The van der Waals surface area contributed by atoms with E-state index in [0.717, 1.165) is 0 Å². The number of benzene rings is 1. The van der Waals surface area contributed by atoms with Gasteiger partial charge in [0, 0.05) is 17.5 Å². The number of aromatic nitrogens is 1. The van der Waals surface area contributed by atoms with Gasteiger partial charge in [0.25, 0.3) is 5.69 Å². The van der Waals surface area contributed by atoms with Crippen molar-refractivity contribution >= 4 is 29.2 Å². The van der Waals surface area contributed by atoms with E-state index in [1.54, 1.807) is 5.38 Å². The van der Waals surface area contributed by atoms with Gasteiger partial charge in [-0.05, 0) is 29.9 Å². The minimum atomic E-state index is -0.485. The maximum absolute atomic E-state index is 11.5. The molecule has 0 saturated carbocycles. The number of hydrogen-bond acceptors (Lipinski definition) is 5. The monoisotopic (exact) mass is 253 g/mol. The molecule has 0 saturated heterocycles. The van der Waals surface area contributed by atoms with Crippen LogP contribution >= 0.6 is 23.6 Å². The van der Waals surface area contributed by atoms with Crippen molar-refractivity contribution in [1.82, 2.24) is 4.73 Å². The van der Waals surface area contributed by atoms with E-state index in [4.69, 9.17) is 12.2 Å². The predicted molar refractivity (Wildman–Crippen MR) is 64.0 cm³/mol. The Hall–Kier alpha value is -1.73. The van der Waals surface area contributed by atoms with Crippen LogP contribution in [0.2, 0.25) is 0 Å². The molecule has 1 aromatic carbocycles. The Labute approximate surface area is 99.3 Å². The molecule has 82 valence electrons. The van der Waals surface area contributed by atoms with E-state index >= 15 is 0 Å². The molecular formula is C9H5N2O3S2-. The van der Waals surface area contributed by atoms with Crippen molar-refractivity contribution in [2.24, 2.45) is 0 Å². The molecule has 7 heteroatoms. The lowest BCUT2D eigenvalue weighted by Crippen LogP contribution is -1.90. The first kappa shape index (κ1) is 10.8. The van der Waals surface area contributed by atoms with Gasteiger partial charge in [-0.25, -0.2) is 0 Å². The number of non-ortho nitro benzene ring substituents is 1. The van der Waals surface area contributed by atoms with Crippen molar-refractivity contribution in [2.45, 2.75) is 0 Å². The highest BCUT2D eigenvalue weighted by Gasteiger charge is 2.06. The summed E-state index contributed by atoms with van der Waals surface area (Å²) in [5.41, 5.74) is 1.04. The molecule has 0 amide bonds. The van der Waals surface area contributed by atoms with Crippen molar-refractivity contribution in [1.29, 1.82) is 0 Å². The number of thiazole rings is 1.